The van der Waals surface area contributed by atoms with E-state index >= 15 is 0 Å². The third-order valence-electron chi connectivity index (χ3n) is 3.67. The molecule has 1 heteroatoms. The van der Waals surface area contributed by atoms with Crippen LogP contribution in [0.1, 0.15) is 46.0 Å². The Hall–Kier alpha value is -0.330. The molecule has 0 unspecified atom stereocenters. The lowest BCUT2D eigenvalue weighted by Gasteiger charge is -2.20. The lowest BCUT2D eigenvalue weighted by molar-refractivity contribution is -0.126. The van der Waals surface area contributed by atoms with Gasteiger partial charge in [-0.3, -0.25) is 4.79 Å². The summed E-state index contributed by atoms with van der Waals surface area (Å²) in [6.45, 7) is 4.49. The predicted octanol–water partition coefficient (Wildman–Crippen LogP) is 3.04. The van der Waals surface area contributed by atoms with Gasteiger partial charge in [0.25, 0.3) is 0 Å². The van der Waals surface area contributed by atoms with Gasteiger partial charge in [0.1, 0.15) is 5.78 Å². The van der Waals surface area contributed by atoms with Crippen LogP contribution in [0.25, 0.3) is 0 Å². The molecule has 2 aliphatic carbocycles. The summed E-state index contributed by atoms with van der Waals surface area (Å²) in [6, 6.07) is 0. The first kappa shape index (κ1) is 9.23. The molecule has 2 fully saturated rings. The van der Waals surface area contributed by atoms with E-state index in [2.05, 4.69) is 13.8 Å². The smallest absolute Gasteiger partial charge is 0.139 e. The molecule has 0 aromatic carbocycles. The van der Waals surface area contributed by atoms with Crippen molar-refractivity contribution in [2.75, 3.05) is 0 Å². The molecule has 0 heterocycles. The molecule has 2 rings (SSSR count). The maximum atomic E-state index is 11.8. The van der Waals surface area contributed by atoms with Crippen molar-refractivity contribution in [3.8, 4) is 0 Å². The van der Waals surface area contributed by atoms with Gasteiger partial charge in [0.05, 0.1) is 0 Å². The molecular weight excluding hydrogens is 160 g/mol. The highest BCUT2D eigenvalue weighted by atomic mass is 16.1. The summed E-state index contributed by atoms with van der Waals surface area (Å²) in [4.78, 5) is 11.8. The van der Waals surface area contributed by atoms with Crippen molar-refractivity contribution in [2.45, 2.75) is 46.0 Å². The largest absolute Gasteiger partial charge is 0.299 e. The molecule has 0 amide bonds. The van der Waals surface area contributed by atoms with Gasteiger partial charge in [0.15, 0.2) is 0 Å². The van der Waals surface area contributed by atoms with Crippen molar-refractivity contribution < 1.29 is 4.79 Å². The standard InChI is InChI=1S/C12H20O/c1-8(2)3-4-9-5-6-10-7-11(10)12(9)13/h8-11H,3-7H2,1-2H3/t9-,10-,11+/m1/s1. The van der Waals surface area contributed by atoms with Crippen molar-refractivity contribution in [3.63, 3.8) is 0 Å². The second kappa shape index (κ2) is 3.43. The quantitative estimate of drug-likeness (QED) is 0.652. The SMILES string of the molecule is CC(C)CC[C@@H]1CC[C@@H]2C[C@@H]2C1=O. The van der Waals surface area contributed by atoms with Crippen molar-refractivity contribution in [1.82, 2.24) is 0 Å². The molecule has 0 radical (unpaired) electrons. The van der Waals surface area contributed by atoms with Crippen LogP contribution in [0.3, 0.4) is 0 Å². The number of Topliss-reactive ketones (excluding diaryl/α,β-unsaturated/α-hetero) is 1. The Bertz CT molecular complexity index is 207. The molecule has 0 aromatic rings. The van der Waals surface area contributed by atoms with Gasteiger partial charge in [0, 0.05) is 11.8 Å². The van der Waals surface area contributed by atoms with Gasteiger partial charge in [0.2, 0.25) is 0 Å². The van der Waals surface area contributed by atoms with Crippen LogP contribution >= 0.6 is 0 Å². The van der Waals surface area contributed by atoms with E-state index < -0.39 is 0 Å². The molecule has 1 nitrogen and oxygen atoms in total. The monoisotopic (exact) mass is 180 g/mol. The van der Waals surface area contributed by atoms with Gasteiger partial charge in [-0.05, 0) is 37.5 Å². The van der Waals surface area contributed by atoms with Crippen molar-refractivity contribution in [2.24, 2.45) is 23.7 Å². The molecule has 13 heavy (non-hydrogen) atoms. The zero-order valence-electron chi connectivity index (χ0n) is 8.75. The summed E-state index contributed by atoms with van der Waals surface area (Å²) in [7, 11) is 0. The summed E-state index contributed by atoms with van der Waals surface area (Å²) in [5, 5.41) is 0. The van der Waals surface area contributed by atoms with Crippen LogP contribution in [0.5, 0.6) is 0 Å². The van der Waals surface area contributed by atoms with Gasteiger partial charge < -0.3 is 0 Å². The topological polar surface area (TPSA) is 17.1 Å². The van der Waals surface area contributed by atoms with Crippen LogP contribution in [0.4, 0.5) is 0 Å². The first-order valence-corrected chi connectivity index (χ1v) is 5.72. The Morgan fingerprint density at radius 3 is 2.85 bits per heavy atom. The van der Waals surface area contributed by atoms with Crippen molar-refractivity contribution >= 4 is 5.78 Å². The van der Waals surface area contributed by atoms with Gasteiger partial charge in [-0.25, -0.2) is 0 Å². The van der Waals surface area contributed by atoms with Crippen LogP contribution in [-0.4, -0.2) is 5.78 Å². The summed E-state index contributed by atoms with van der Waals surface area (Å²) < 4.78 is 0. The fourth-order valence-corrected chi connectivity index (χ4v) is 2.60. The number of fused-ring (bicyclic) bond motifs is 1. The van der Waals surface area contributed by atoms with E-state index in [1.54, 1.807) is 0 Å². The maximum absolute atomic E-state index is 11.8. The molecule has 0 aliphatic heterocycles. The highest BCUT2D eigenvalue weighted by Crippen LogP contribution is 2.50. The third-order valence-corrected chi connectivity index (χ3v) is 3.67. The Kier molecular flexibility index (Phi) is 2.44. The van der Waals surface area contributed by atoms with Crippen LogP contribution in [0, 0.1) is 23.7 Å². The maximum Gasteiger partial charge on any atom is 0.139 e. The van der Waals surface area contributed by atoms with Gasteiger partial charge in [-0.1, -0.05) is 20.3 Å². The normalized spacial score (nSPS) is 37.8. The van der Waals surface area contributed by atoms with E-state index in [1.165, 1.54) is 25.7 Å². The summed E-state index contributed by atoms with van der Waals surface area (Å²) in [5.74, 6) is 3.11. The molecular formula is C12H20O. The molecule has 0 N–H and O–H groups in total. The number of hydrogen-bond donors (Lipinski definition) is 0. The summed E-state index contributed by atoms with van der Waals surface area (Å²) in [5.41, 5.74) is 0. The second-order valence-electron chi connectivity index (χ2n) is 5.25. The minimum atomic E-state index is 0.436. The van der Waals surface area contributed by atoms with E-state index in [-0.39, 0.29) is 0 Å². The minimum Gasteiger partial charge on any atom is -0.299 e. The molecule has 2 saturated carbocycles. The number of hydrogen-bond acceptors (Lipinski definition) is 1. The van der Waals surface area contributed by atoms with Gasteiger partial charge in [-0.15, -0.1) is 0 Å². The van der Waals surface area contributed by atoms with E-state index in [9.17, 15) is 4.79 Å². The first-order chi connectivity index (χ1) is 6.18. The molecule has 3 atom stereocenters. The number of ketones is 1. The van der Waals surface area contributed by atoms with Crippen LogP contribution in [0.15, 0.2) is 0 Å². The van der Waals surface area contributed by atoms with Gasteiger partial charge >= 0.3 is 0 Å². The van der Waals surface area contributed by atoms with E-state index in [0.29, 0.717) is 17.6 Å². The zero-order valence-corrected chi connectivity index (χ0v) is 8.75. The van der Waals surface area contributed by atoms with Crippen molar-refractivity contribution in [1.29, 1.82) is 0 Å². The molecule has 2 aliphatic rings. The van der Waals surface area contributed by atoms with Gasteiger partial charge in [-0.2, -0.15) is 0 Å². The third kappa shape index (κ3) is 1.95. The average molecular weight is 180 g/mol. The average Bonchev–Trinajstić information content (AvgIpc) is 2.82. The Balaban J connectivity index is 1.81. The second-order valence-corrected chi connectivity index (χ2v) is 5.25. The Labute approximate surface area is 80.9 Å². The Morgan fingerprint density at radius 2 is 2.15 bits per heavy atom. The molecule has 0 saturated heterocycles. The number of rotatable bonds is 3. The number of carbonyl (C=O) groups excluding carboxylic acids is 1. The molecule has 0 spiro atoms. The zero-order chi connectivity index (χ0) is 9.42. The lowest BCUT2D eigenvalue weighted by atomic mass is 9.83. The molecule has 0 aromatic heterocycles. The Morgan fingerprint density at radius 1 is 1.38 bits per heavy atom. The lowest BCUT2D eigenvalue weighted by Crippen LogP contribution is -2.22. The van der Waals surface area contributed by atoms with Crippen molar-refractivity contribution in [3.05, 3.63) is 0 Å². The minimum absolute atomic E-state index is 0.436. The van der Waals surface area contributed by atoms with E-state index in [1.807, 2.05) is 0 Å². The highest BCUT2D eigenvalue weighted by molar-refractivity contribution is 5.86. The summed E-state index contributed by atoms with van der Waals surface area (Å²) in [6.07, 6.45) is 6.12. The van der Waals surface area contributed by atoms with Crippen LogP contribution in [0.2, 0.25) is 0 Å². The molecule has 0 bridgehead atoms. The van der Waals surface area contributed by atoms with E-state index in [4.69, 9.17) is 0 Å². The number of carbonyl (C=O) groups is 1. The highest BCUT2D eigenvalue weighted by Gasteiger charge is 2.48. The van der Waals surface area contributed by atoms with E-state index in [0.717, 1.165) is 18.3 Å². The fourth-order valence-electron chi connectivity index (χ4n) is 2.60. The predicted molar refractivity (Wildman–Crippen MR) is 53.4 cm³/mol. The van der Waals surface area contributed by atoms with Crippen LogP contribution < -0.4 is 0 Å². The fraction of sp³-hybridized carbons (Fsp3) is 0.917. The molecule has 74 valence electrons. The summed E-state index contributed by atoms with van der Waals surface area (Å²) >= 11 is 0. The first-order valence-electron chi connectivity index (χ1n) is 5.72. The van der Waals surface area contributed by atoms with Crippen LogP contribution in [-0.2, 0) is 4.79 Å².